The molecule has 0 spiro atoms. The first-order valence-corrected chi connectivity index (χ1v) is 9.69. The Kier molecular flexibility index (Phi) is 6.60. The van der Waals surface area contributed by atoms with Crippen molar-refractivity contribution in [2.24, 2.45) is 0 Å². The molecule has 1 N–H and O–H groups in total. The zero-order valence-corrected chi connectivity index (χ0v) is 17.9. The minimum Gasteiger partial charge on any atom is -0.507 e. The molecule has 0 bridgehead atoms. The lowest BCUT2D eigenvalue weighted by molar-refractivity contribution is -0.140. The van der Waals surface area contributed by atoms with E-state index >= 15 is 0 Å². The normalized spacial score (nSPS) is 18.0. The average Bonchev–Trinajstić information content (AvgIpc) is 3.01. The van der Waals surface area contributed by atoms with Crippen LogP contribution in [0.15, 0.2) is 48.0 Å². The molecule has 1 atom stereocenters. The first-order valence-electron chi connectivity index (χ1n) is 9.69. The number of aliphatic hydroxyl groups is 1. The number of rotatable bonds is 7. The van der Waals surface area contributed by atoms with Crippen LogP contribution in [0.3, 0.4) is 0 Å². The van der Waals surface area contributed by atoms with Crippen LogP contribution in [-0.4, -0.2) is 68.0 Å². The number of likely N-dealkylation sites (N-methyl/N-ethyl adjacent to an activating group) is 1. The molecule has 0 saturated carbocycles. The summed E-state index contributed by atoms with van der Waals surface area (Å²) in [7, 11) is 6.60. The molecule has 1 amide bonds. The molecule has 31 heavy (non-hydrogen) atoms. The molecule has 2 aromatic carbocycles. The Morgan fingerprint density at radius 3 is 2.52 bits per heavy atom. The Bertz CT molecular complexity index is 1030. The van der Waals surface area contributed by atoms with Gasteiger partial charge in [-0.05, 0) is 50.0 Å². The molecule has 3 rings (SSSR count). The summed E-state index contributed by atoms with van der Waals surface area (Å²) in [5.74, 6) is -1.94. The van der Waals surface area contributed by atoms with Crippen molar-refractivity contribution in [3.05, 3.63) is 65.0 Å². The number of ether oxygens (including phenoxy) is 2. The van der Waals surface area contributed by atoms with Gasteiger partial charge in [-0.1, -0.05) is 12.1 Å². The third-order valence-electron chi connectivity index (χ3n) is 5.15. The first kappa shape index (κ1) is 22.3. The summed E-state index contributed by atoms with van der Waals surface area (Å²) in [6.45, 7) is 0.771. The van der Waals surface area contributed by atoms with Gasteiger partial charge < -0.3 is 24.4 Å². The van der Waals surface area contributed by atoms with Crippen LogP contribution < -0.4 is 9.47 Å². The summed E-state index contributed by atoms with van der Waals surface area (Å²) in [5, 5.41) is 11.1. The van der Waals surface area contributed by atoms with E-state index in [0.29, 0.717) is 17.9 Å². The summed E-state index contributed by atoms with van der Waals surface area (Å²) in [5.41, 5.74) is 0.469. The third-order valence-corrected chi connectivity index (χ3v) is 5.15. The van der Waals surface area contributed by atoms with E-state index in [4.69, 9.17) is 9.47 Å². The lowest BCUT2D eigenvalue weighted by atomic mass is 9.94. The van der Waals surface area contributed by atoms with Crippen LogP contribution in [0.25, 0.3) is 5.76 Å². The van der Waals surface area contributed by atoms with Gasteiger partial charge in [-0.25, -0.2) is 4.39 Å². The zero-order chi connectivity index (χ0) is 22.7. The van der Waals surface area contributed by atoms with Crippen LogP contribution >= 0.6 is 0 Å². The van der Waals surface area contributed by atoms with Gasteiger partial charge in [-0.15, -0.1) is 0 Å². The molecule has 164 valence electrons. The van der Waals surface area contributed by atoms with Gasteiger partial charge in [-0.3, -0.25) is 9.59 Å². The van der Waals surface area contributed by atoms with Crippen molar-refractivity contribution in [1.82, 2.24) is 9.80 Å². The monoisotopic (exact) mass is 428 g/mol. The van der Waals surface area contributed by atoms with Crippen LogP contribution in [0.5, 0.6) is 11.5 Å². The Morgan fingerprint density at radius 1 is 1.13 bits per heavy atom. The van der Waals surface area contributed by atoms with Crippen molar-refractivity contribution < 1.29 is 28.6 Å². The Morgan fingerprint density at radius 2 is 1.87 bits per heavy atom. The molecular weight excluding hydrogens is 403 g/mol. The lowest BCUT2D eigenvalue weighted by Gasteiger charge is -2.27. The number of halogens is 1. The van der Waals surface area contributed by atoms with Gasteiger partial charge in [0, 0.05) is 13.1 Å². The fraction of sp³-hybridized carbons (Fsp3) is 0.304. The van der Waals surface area contributed by atoms with Crippen LogP contribution in [0.1, 0.15) is 17.2 Å². The molecule has 0 radical (unpaired) electrons. The molecule has 2 aromatic rings. The van der Waals surface area contributed by atoms with Gasteiger partial charge in [-0.2, -0.15) is 0 Å². The molecule has 1 saturated heterocycles. The molecule has 1 aliphatic heterocycles. The van der Waals surface area contributed by atoms with Crippen molar-refractivity contribution in [2.75, 3.05) is 41.4 Å². The summed E-state index contributed by atoms with van der Waals surface area (Å²) >= 11 is 0. The first-order chi connectivity index (χ1) is 14.8. The molecule has 7 nitrogen and oxygen atoms in total. The molecule has 0 aliphatic carbocycles. The number of amides is 1. The van der Waals surface area contributed by atoms with Crippen molar-refractivity contribution in [1.29, 1.82) is 0 Å². The fourth-order valence-corrected chi connectivity index (χ4v) is 3.59. The number of methoxy groups -OCH3 is 2. The lowest BCUT2D eigenvalue weighted by Crippen LogP contribution is -2.35. The summed E-state index contributed by atoms with van der Waals surface area (Å²) in [6, 6.07) is 9.69. The van der Waals surface area contributed by atoms with Crippen molar-refractivity contribution >= 4 is 17.4 Å². The van der Waals surface area contributed by atoms with Crippen LogP contribution in [0.4, 0.5) is 4.39 Å². The number of carbonyl (C=O) groups is 2. The average molecular weight is 428 g/mol. The number of carbonyl (C=O) groups excluding carboxylic acids is 2. The second-order valence-corrected chi connectivity index (χ2v) is 7.42. The molecule has 0 unspecified atom stereocenters. The minimum atomic E-state index is -0.858. The van der Waals surface area contributed by atoms with Gasteiger partial charge >= 0.3 is 0 Å². The molecule has 8 heteroatoms. The SMILES string of the molecule is COc1cccc([C@H]2/C(=C(\O)c3cc(F)ccc3OC)C(=O)C(=O)N2CCN(C)C)c1. The van der Waals surface area contributed by atoms with E-state index < -0.39 is 29.3 Å². The number of benzene rings is 2. The molecule has 1 aliphatic rings. The van der Waals surface area contributed by atoms with Crippen LogP contribution in [0.2, 0.25) is 0 Å². The quantitative estimate of drug-likeness (QED) is 0.415. The molecule has 1 heterocycles. The number of Topliss-reactive ketones (excluding diaryl/α,β-unsaturated/α-hetero) is 1. The van der Waals surface area contributed by atoms with E-state index in [1.807, 2.05) is 19.0 Å². The maximum atomic E-state index is 13.9. The Hall–Kier alpha value is -3.39. The molecule has 0 aromatic heterocycles. The van der Waals surface area contributed by atoms with E-state index in [9.17, 15) is 19.1 Å². The summed E-state index contributed by atoms with van der Waals surface area (Å²) < 4.78 is 24.5. The van der Waals surface area contributed by atoms with Crippen molar-refractivity contribution in [3.63, 3.8) is 0 Å². The topological polar surface area (TPSA) is 79.3 Å². The molecule has 1 fully saturated rings. The van der Waals surface area contributed by atoms with Crippen molar-refractivity contribution in [2.45, 2.75) is 6.04 Å². The number of ketones is 1. The smallest absolute Gasteiger partial charge is 0.295 e. The number of hydrogen-bond acceptors (Lipinski definition) is 6. The highest BCUT2D eigenvalue weighted by molar-refractivity contribution is 6.46. The zero-order valence-electron chi connectivity index (χ0n) is 17.9. The number of likely N-dealkylation sites (tertiary alicyclic amines) is 1. The maximum Gasteiger partial charge on any atom is 0.295 e. The largest absolute Gasteiger partial charge is 0.507 e. The predicted octanol–water partition coefficient (Wildman–Crippen LogP) is 2.83. The van der Waals surface area contributed by atoms with Gasteiger partial charge in [0.1, 0.15) is 23.1 Å². The van der Waals surface area contributed by atoms with E-state index in [1.165, 1.54) is 31.3 Å². The second-order valence-electron chi connectivity index (χ2n) is 7.42. The van der Waals surface area contributed by atoms with E-state index in [0.717, 1.165) is 6.07 Å². The van der Waals surface area contributed by atoms with Gasteiger partial charge in [0.25, 0.3) is 11.7 Å². The van der Waals surface area contributed by atoms with E-state index in [1.54, 1.807) is 24.3 Å². The van der Waals surface area contributed by atoms with Gasteiger partial charge in [0.15, 0.2) is 0 Å². The highest BCUT2D eigenvalue weighted by atomic mass is 19.1. The van der Waals surface area contributed by atoms with Crippen molar-refractivity contribution in [3.8, 4) is 11.5 Å². The Balaban J connectivity index is 2.22. The van der Waals surface area contributed by atoms with E-state index in [2.05, 4.69) is 0 Å². The number of nitrogens with zero attached hydrogens (tertiary/aromatic N) is 2. The fourth-order valence-electron chi connectivity index (χ4n) is 3.59. The molecular formula is C23H25FN2O5. The van der Waals surface area contributed by atoms with Crippen LogP contribution in [-0.2, 0) is 9.59 Å². The maximum absolute atomic E-state index is 13.9. The third kappa shape index (κ3) is 4.39. The summed E-state index contributed by atoms with van der Waals surface area (Å²) in [4.78, 5) is 29.2. The van der Waals surface area contributed by atoms with Gasteiger partial charge in [0.05, 0.1) is 31.4 Å². The summed E-state index contributed by atoms with van der Waals surface area (Å²) in [6.07, 6.45) is 0. The highest BCUT2D eigenvalue weighted by Crippen LogP contribution is 2.41. The number of hydrogen-bond donors (Lipinski definition) is 1. The second kappa shape index (κ2) is 9.18. The predicted molar refractivity (Wildman–Crippen MR) is 114 cm³/mol. The standard InChI is InChI=1S/C23H25FN2O5/c1-25(2)10-11-26-20(14-6-5-7-16(12-14)30-3)19(22(28)23(26)29)21(27)17-13-15(24)8-9-18(17)31-4/h5-9,12-13,20,27H,10-11H2,1-4H3/b21-19+/t20-/m0/s1. The van der Waals surface area contributed by atoms with Gasteiger partial charge in [0.2, 0.25) is 0 Å². The van der Waals surface area contributed by atoms with Crippen LogP contribution in [0, 0.1) is 5.82 Å². The Labute approximate surface area is 180 Å². The van der Waals surface area contributed by atoms with E-state index in [-0.39, 0.29) is 23.4 Å². The highest BCUT2D eigenvalue weighted by Gasteiger charge is 2.46. The minimum absolute atomic E-state index is 0.000931. The number of aliphatic hydroxyl groups excluding tert-OH is 1.